The molecule has 0 aliphatic heterocycles. The van der Waals surface area contributed by atoms with E-state index >= 15 is 0 Å². The zero-order valence-corrected chi connectivity index (χ0v) is 10.0. The van der Waals surface area contributed by atoms with Gasteiger partial charge in [-0.3, -0.25) is 0 Å². The van der Waals surface area contributed by atoms with E-state index in [-0.39, 0.29) is 0 Å². The van der Waals surface area contributed by atoms with Gasteiger partial charge < -0.3 is 5.32 Å². The Hall–Kier alpha value is -0.600. The molecule has 2 nitrogen and oxygen atoms in total. The van der Waals surface area contributed by atoms with Crippen LogP contribution in [0, 0.1) is 0 Å². The number of nitrogens with zero attached hydrogens (tertiary/aromatic N) is 1. The van der Waals surface area contributed by atoms with E-state index in [1.807, 2.05) is 18.3 Å². The van der Waals surface area contributed by atoms with Gasteiger partial charge in [0.1, 0.15) is 5.15 Å². The maximum absolute atomic E-state index is 5.76. The molecule has 2 rings (SSSR count). The second kappa shape index (κ2) is 4.11. The Bertz CT molecular complexity index is 330. The first-order valence-electron chi connectivity index (χ1n) is 5.48. The molecule has 1 atom stereocenters. The first kappa shape index (κ1) is 10.9. The Labute approximate surface area is 96.1 Å². The first-order valence-corrected chi connectivity index (χ1v) is 5.86. The second-order valence-corrected chi connectivity index (χ2v) is 5.08. The monoisotopic (exact) mass is 224 g/mol. The van der Waals surface area contributed by atoms with Crippen molar-refractivity contribution in [3.05, 3.63) is 29.0 Å². The minimum atomic E-state index is 0.332. The van der Waals surface area contributed by atoms with Gasteiger partial charge in [-0.25, -0.2) is 4.98 Å². The van der Waals surface area contributed by atoms with Crippen molar-refractivity contribution in [3.8, 4) is 0 Å². The predicted molar refractivity (Wildman–Crippen MR) is 63.1 cm³/mol. The number of halogens is 1. The minimum Gasteiger partial charge on any atom is -0.305 e. The third-order valence-corrected chi connectivity index (χ3v) is 3.50. The molecule has 0 saturated heterocycles. The van der Waals surface area contributed by atoms with Crippen LogP contribution in [-0.2, 0) is 0 Å². The molecule has 1 aromatic heterocycles. The minimum absolute atomic E-state index is 0.332. The van der Waals surface area contributed by atoms with Gasteiger partial charge in [0, 0.05) is 17.8 Å². The van der Waals surface area contributed by atoms with Crippen molar-refractivity contribution in [3.63, 3.8) is 0 Å². The third-order valence-electron chi connectivity index (χ3n) is 3.27. The van der Waals surface area contributed by atoms with Gasteiger partial charge in [-0.1, -0.05) is 17.7 Å². The molecule has 1 heterocycles. The average Bonchev–Trinajstić information content (AvgIpc) is 2.16. The number of pyridine rings is 1. The lowest BCUT2D eigenvalue weighted by Gasteiger charge is -2.41. The topological polar surface area (TPSA) is 24.9 Å². The molecule has 1 unspecified atom stereocenters. The summed E-state index contributed by atoms with van der Waals surface area (Å²) < 4.78 is 0. The molecule has 15 heavy (non-hydrogen) atoms. The molecule has 1 fully saturated rings. The van der Waals surface area contributed by atoms with E-state index in [0.717, 1.165) is 0 Å². The highest BCUT2D eigenvalue weighted by Crippen LogP contribution is 2.33. The van der Waals surface area contributed by atoms with Crippen LogP contribution in [0.1, 0.15) is 44.7 Å². The number of hydrogen-bond donors (Lipinski definition) is 1. The van der Waals surface area contributed by atoms with E-state index in [9.17, 15) is 0 Å². The van der Waals surface area contributed by atoms with Gasteiger partial charge >= 0.3 is 0 Å². The van der Waals surface area contributed by atoms with Crippen molar-refractivity contribution >= 4 is 11.6 Å². The molecule has 0 spiro atoms. The fourth-order valence-corrected chi connectivity index (χ4v) is 2.21. The van der Waals surface area contributed by atoms with Gasteiger partial charge in [-0.2, -0.15) is 0 Å². The molecular formula is C12H17ClN2. The van der Waals surface area contributed by atoms with Crippen molar-refractivity contribution in [1.82, 2.24) is 10.3 Å². The largest absolute Gasteiger partial charge is 0.305 e. The van der Waals surface area contributed by atoms with E-state index in [2.05, 4.69) is 24.1 Å². The molecule has 1 aromatic rings. The SMILES string of the molecule is CC(NC1(C)CCC1)c1ccc(Cl)nc1. The summed E-state index contributed by atoms with van der Waals surface area (Å²) in [7, 11) is 0. The quantitative estimate of drug-likeness (QED) is 0.797. The number of rotatable bonds is 3. The fourth-order valence-electron chi connectivity index (χ4n) is 2.10. The molecule has 1 aliphatic carbocycles. The molecule has 1 N–H and O–H groups in total. The molecule has 0 bridgehead atoms. The van der Waals surface area contributed by atoms with Crippen molar-refractivity contribution in [2.45, 2.75) is 44.7 Å². The molecular weight excluding hydrogens is 208 g/mol. The van der Waals surface area contributed by atoms with E-state index in [1.165, 1.54) is 24.8 Å². The van der Waals surface area contributed by atoms with Crippen LogP contribution < -0.4 is 5.32 Å². The van der Waals surface area contributed by atoms with Crippen molar-refractivity contribution in [2.24, 2.45) is 0 Å². The highest BCUT2D eigenvalue weighted by molar-refractivity contribution is 6.29. The third kappa shape index (κ3) is 2.50. The molecule has 3 heteroatoms. The van der Waals surface area contributed by atoms with Gasteiger partial charge in [-0.05, 0) is 44.7 Å². The standard InChI is InChI=1S/C12H17ClN2/c1-9(15-12(2)6-3-7-12)10-4-5-11(13)14-8-10/h4-5,8-9,15H,3,6-7H2,1-2H3. The Morgan fingerprint density at radius 3 is 2.67 bits per heavy atom. The summed E-state index contributed by atoms with van der Waals surface area (Å²) in [6.07, 6.45) is 5.74. The van der Waals surface area contributed by atoms with Crippen LogP contribution in [0.4, 0.5) is 0 Å². The van der Waals surface area contributed by atoms with Crippen LogP contribution in [0.3, 0.4) is 0 Å². The lowest BCUT2D eigenvalue weighted by Crippen LogP contribution is -2.49. The Morgan fingerprint density at radius 1 is 1.47 bits per heavy atom. The molecule has 0 amide bonds. The van der Waals surface area contributed by atoms with Crippen LogP contribution in [0.25, 0.3) is 0 Å². The summed E-state index contributed by atoms with van der Waals surface area (Å²) in [4.78, 5) is 4.10. The zero-order valence-electron chi connectivity index (χ0n) is 9.26. The number of hydrogen-bond acceptors (Lipinski definition) is 2. The van der Waals surface area contributed by atoms with Gasteiger partial charge in [0.15, 0.2) is 0 Å². The highest BCUT2D eigenvalue weighted by atomic mass is 35.5. The second-order valence-electron chi connectivity index (χ2n) is 4.69. The van der Waals surface area contributed by atoms with Crippen LogP contribution in [0.15, 0.2) is 18.3 Å². The van der Waals surface area contributed by atoms with Gasteiger partial charge in [-0.15, -0.1) is 0 Å². The molecule has 1 saturated carbocycles. The van der Waals surface area contributed by atoms with E-state index in [4.69, 9.17) is 11.6 Å². The van der Waals surface area contributed by atoms with Gasteiger partial charge in [0.25, 0.3) is 0 Å². The van der Waals surface area contributed by atoms with Crippen LogP contribution in [0.5, 0.6) is 0 Å². The molecule has 82 valence electrons. The molecule has 0 aromatic carbocycles. The average molecular weight is 225 g/mol. The summed E-state index contributed by atoms with van der Waals surface area (Å²) in [6, 6.07) is 4.23. The number of aromatic nitrogens is 1. The Balaban J connectivity index is 2.01. The van der Waals surface area contributed by atoms with E-state index in [0.29, 0.717) is 16.7 Å². The zero-order chi connectivity index (χ0) is 10.9. The van der Waals surface area contributed by atoms with E-state index in [1.54, 1.807) is 0 Å². The van der Waals surface area contributed by atoms with Crippen molar-refractivity contribution in [2.75, 3.05) is 0 Å². The van der Waals surface area contributed by atoms with Crippen molar-refractivity contribution in [1.29, 1.82) is 0 Å². The summed E-state index contributed by atoms with van der Waals surface area (Å²) in [5.74, 6) is 0. The smallest absolute Gasteiger partial charge is 0.129 e. The summed E-state index contributed by atoms with van der Waals surface area (Å²) in [6.45, 7) is 4.46. The van der Waals surface area contributed by atoms with Gasteiger partial charge in [0.05, 0.1) is 0 Å². The maximum atomic E-state index is 5.76. The van der Waals surface area contributed by atoms with Crippen molar-refractivity contribution < 1.29 is 0 Å². The van der Waals surface area contributed by atoms with Crippen LogP contribution >= 0.6 is 11.6 Å². The summed E-state index contributed by atoms with van der Waals surface area (Å²) >= 11 is 5.76. The Morgan fingerprint density at radius 2 is 2.20 bits per heavy atom. The highest BCUT2D eigenvalue weighted by Gasteiger charge is 2.32. The summed E-state index contributed by atoms with van der Waals surface area (Å²) in [5, 5.41) is 4.20. The lowest BCUT2D eigenvalue weighted by atomic mass is 9.78. The molecule has 0 radical (unpaired) electrons. The lowest BCUT2D eigenvalue weighted by molar-refractivity contribution is 0.189. The first-order chi connectivity index (χ1) is 7.09. The number of nitrogens with one attached hydrogen (secondary N) is 1. The summed E-state index contributed by atoms with van der Waals surface area (Å²) in [5.41, 5.74) is 1.53. The van der Waals surface area contributed by atoms with E-state index < -0.39 is 0 Å². The molecule has 1 aliphatic rings. The predicted octanol–water partition coefficient (Wildman–Crippen LogP) is 3.33. The van der Waals surface area contributed by atoms with Crippen LogP contribution in [0.2, 0.25) is 5.15 Å². The maximum Gasteiger partial charge on any atom is 0.129 e. The van der Waals surface area contributed by atoms with Gasteiger partial charge in [0.2, 0.25) is 0 Å². The fraction of sp³-hybridized carbons (Fsp3) is 0.583. The Kier molecular flexibility index (Phi) is 2.98. The van der Waals surface area contributed by atoms with Crippen LogP contribution in [-0.4, -0.2) is 10.5 Å². The normalized spacial score (nSPS) is 20.7.